The minimum Gasteiger partial charge on any atom is -0.481 e. The number of nitrogens with zero attached hydrogens (tertiary/aromatic N) is 2. The fraction of sp³-hybridized carbons (Fsp3) is 0.312. The molecule has 7 nitrogen and oxygen atoms in total. The van der Waals surface area contributed by atoms with E-state index < -0.39 is 23.4 Å². The second kappa shape index (κ2) is 7.12. The van der Waals surface area contributed by atoms with Crippen LogP contribution in [0.2, 0.25) is 0 Å². The molecular weight excluding hydrogens is 315 g/mol. The normalized spacial score (nSPS) is 11.1. The van der Waals surface area contributed by atoms with E-state index in [1.807, 2.05) is 0 Å². The molecule has 24 heavy (non-hydrogen) atoms. The van der Waals surface area contributed by atoms with Crippen molar-refractivity contribution in [3.63, 3.8) is 0 Å². The van der Waals surface area contributed by atoms with Crippen molar-refractivity contribution in [3.05, 3.63) is 42.5 Å². The van der Waals surface area contributed by atoms with Gasteiger partial charge in [-0.2, -0.15) is 5.10 Å². The summed E-state index contributed by atoms with van der Waals surface area (Å²) >= 11 is 0. The van der Waals surface area contributed by atoms with Crippen LogP contribution >= 0.6 is 0 Å². The number of urea groups is 1. The van der Waals surface area contributed by atoms with Gasteiger partial charge in [-0.1, -0.05) is 12.1 Å². The first-order valence-electron chi connectivity index (χ1n) is 7.37. The fourth-order valence-electron chi connectivity index (χ4n) is 2.11. The van der Waals surface area contributed by atoms with E-state index in [9.17, 15) is 14.0 Å². The second-order valence-corrected chi connectivity index (χ2v) is 5.98. The molecule has 0 unspecified atom stereocenters. The molecule has 0 spiro atoms. The number of halogens is 1. The van der Waals surface area contributed by atoms with Crippen molar-refractivity contribution in [2.45, 2.75) is 32.2 Å². The average Bonchev–Trinajstić information content (AvgIpc) is 2.93. The summed E-state index contributed by atoms with van der Waals surface area (Å²) in [6.45, 7) is 3.47. The SMILES string of the molecule is CC(C)(CCC(=O)O)NC(=O)Nc1cnn(-c2ccccc2F)c1. The molecule has 0 aliphatic heterocycles. The van der Waals surface area contributed by atoms with E-state index >= 15 is 0 Å². The number of carboxylic acid groups (broad SMARTS) is 1. The summed E-state index contributed by atoms with van der Waals surface area (Å²) in [6.07, 6.45) is 3.14. The second-order valence-electron chi connectivity index (χ2n) is 5.98. The maximum Gasteiger partial charge on any atom is 0.319 e. The van der Waals surface area contributed by atoms with Gasteiger partial charge in [0.1, 0.15) is 11.5 Å². The van der Waals surface area contributed by atoms with Crippen LogP contribution in [-0.2, 0) is 4.79 Å². The number of carbonyl (C=O) groups is 2. The van der Waals surface area contributed by atoms with E-state index in [-0.39, 0.29) is 12.1 Å². The molecule has 2 aromatic rings. The molecule has 0 saturated carbocycles. The number of hydrogen-bond acceptors (Lipinski definition) is 3. The van der Waals surface area contributed by atoms with Gasteiger partial charge in [-0.15, -0.1) is 0 Å². The smallest absolute Gasteiger partial charge is 0.319 e. The van der Waals surface area contributed by atoms with E-state index in [1.54, 1.807) is 32.0 Å². The summed E-state index contributed by atoms with van der Waals surface area (Å²) in [6, 6.07) is 5.67. The van der Waals surface area contributed by atoms with E-state index in [2.05, 4.69) is 15.7 Å². The molecule has 1 aromatic heterocycles. The lowest BCUT2D eigenvalue weighted by molar-refractivity contribution is -0.137. The molecule has 3 N–H and O–H groups in total. The molecule has 0 radical (unpaired) electrons. The van der Waals surface area contributed by atoms with Crippen LogP contribution in [0.3, 0.4) is 0 Å². The summed E-state index contributed by atoms with van der Waals surface area (Å²) in [7, 11) is 0. The van der Waals surface area contributed by atoms with Crippen molar-refractivity contribution in [1.29, 1.82) is 0 Å². The van der Waals surface area contributed by atoms with Gasteiger partial charge in [0.2, 0.25) is 0 Å². The molecule has 0 saturated heterocycles. The maximum atomic E-state index is 13.7. The van der Waals surface area contributed by atoms with Crippen LogP contribution in [0.15, 0.2) is 36.7 Å². The number of rotatable bonds is 6. The van der Waals surface area contributed by atoms with Gasteiger partial charge in [-0.3, -0.25) is 4.79 Å². The average molecular weight is 334 g/mol. The zero-order valence-electron chi connectivity index (χ0n) is 13.4. The Balaban J connectivity index is 1.98. The van der Waals surface area contributed by atoms with Gasteiger partial charge in [0.25, 0.3) is 0 Å². The van der Waals surface area contributed by atoms with Gasteiger partial charge < -0.3 is 15.7 Å². The predicted molar refractivity (Wildman–Crippen MR) is 86.6 cm³/mol. The lowest BCUT2D eigenvalue weighted by atomic mass is 9.99. The number of amides is 2. The van der Waals surface area contributed by atoms with Crippen molar-refractivity contribution in [2.75, 3.05) is 5.32 Å². The van der Waals surface area contributed by atoms with Gasteiger partial charge in [0.15, 0.2) is 0 Å². The highest BCUT2D eigenvalue weighted by Crippen LogP contribution is 2.16. The van der Waals surface area contributed by atoms with Crippen LogP contribution in [0.25, 0.3) is 5.69 Å². The van der Waals surface area contributed by atoms with E-state index in [0.29, 0.717) is 12.1 Å². The number of hydrogen-bond donors (Lipinski definition) is 3. The van der Waals surface area contributed by atoms with E-state index in [1.165, 1.54) is 23.1 Å². The van der Waals surface area contributed by atoms with Crippen LogP contribution in [0.5, 0.6) is 0 Å². The Morgan fingerprint density at radius 3 is 2.71 bits per heavy atom. The zero-order valence-corrected chi connectivity index (χ0v) is 13.4. The van der Waals surface area contributed by atoms with Gasteiger partial charge in [0.05, 0.1) is 18.1 Å². The highest BCUT2D eigenvalue weighted by molar-refractivity contribution is 5.89. The highest BCUT2D eigenvalue weighted by atomic mass is 19.1. The molecule has 1 aromatic carbocycles. The van der Waals surface area contributed by atoms with Crippen molar-refractivity contribution in [2.24, 2.45) is 0 Å². The Labute approximate surface area is 138 Å². The first-order chi connectivity index (χ1) is 11.3. The Bertz CT molecular complexity index is 742. The molecule has 2 rings (SSSR count). The van der Waals surface area contributed by atoms with Crippen molar-refractivity contribution in [3.8, 4) is 5.69 Å². The quantitative estimate of drug-likeness (QED) is 0.757. The molecule has 2 amide bonds. The first kappa shape index (κ1) is 17.5. The molecule has 8 heteroatoms. The lowest BCUT2D eigenvalue weighted by Crippen LogP contribution is -2.45. The third-order valence-corrected chi connectivity index (χ3v) is 3.36. The molecule has 0 aliphatic carbocycles. The molecule has 0 aliphatic rings. The van der Waals surface area contributed by atoms with E-state index in [4.69, 9.17) is 5.11 Å². The van der Waals surface area contributed by atoms with Gasteiger partial charge in [0, 0.05) is 12.0 Å². The largest absolute Gasteiger partial charge is 0.481 e. The number of anilines is 1. The monoisotopic (exact) mass is 334 g/mol. The summed E-state index contributed by atoms with van der Waals surface area (Å²) in [4.78, 5) is 22.6. The number of para-hydroxylation sites is 1. The van der Waals surface area contributed by atoms with Crippen LogP contribution in [0.4, 0.5) is 14.9 Å². The molecule has 128 valence electrons. The lowest BCUT2D eigenvalue weighted by Gasteiger charge is -2.25. The third-order valence-electron chi connectivity index (χ3n) is 3.36. The molecular formula is C16H19FN4O3. The summed E-state index contributed by atoms with van der Waals surface area (Å²) in [5.74, 6) is -1.34. The van der Waals surface area contributed by atoms with Crippen LogP contribution < -0.4 is 10.6 Å². The Morgan fingerprint density at radius 1 is 1.33 bits per heavy atom. The topological polar surface area (TPSA) is 96.2 Å². The minimum absolute atomic E-state index is 0.0432. The Hall–Kier alpha value is -2.90. The third kappa shape index (κ3) is 4.80. The van der Waals surface area contributed by atoms with Crippen LogP contribution in [0, 0.1) is 5.82 Å². The number of nitrogens with one attached hydrogen (secondary N) is 2. The number of aromatic nitrogens is 2. The maximum absolute atomic E-state index is 13.7. The van der Waals surface area contributed by atoms with Gasteiger partial charge in [-0.05, 0) is 32.4 Å². The number of benzene rings is 1. The summed E-state index contributed by atoms with van der Waals surface area (Å²) in [5.41, 5.74) is -0.0122. The Kier molecular flexibility index (Phi) is 5.18. The van der Waals surface area contributed by atoms with Gasteiger partial charge in [-0.25, -0.2) is 13.9 Å². The molecule has 0 fully saturated rings. The standard InChI is InChI=1S/C16H19FN4O3/c1-16(2,8-7-14(22)23)20-15(24)19-11-9-18-21(10-11)13-6-4-3-5-12(13)17/h3-6,9-10H,7-8H2,1-2H3,(H,22,23)(H2,19,20,24). The van der Waals surface area contributed by atoms with Crippen LogP contribution in [-0.4, -0.2) is 32.4 Å². The molecule has 0 bridgehead atoms. The summed E-state index contributed by atoms with van der Waals surface area (Å²) < 4.78 is 15.0. The highest BCUT2D eigenvalue weighted by Gasteiger charge is 2.21. The summed E-state index contributed by atoms with van der Waals surface area (Å²) in [5, 5.41) is 18.0. The van der Waals surface area contributed by atoms with Crippen molar-refractivity contribution < 1.29 is 19.1 Å². The van der Waals surface area contributed by atoms with E-state index in [0.717, 1.165) is 0 Å². The van der Waals surface area contributed by atoms with Crippen LogP contribution in [0.1, 0.15) is 26.7 Å². The number of aliphatic carboxylic acids is 1. The fourth-order valence-corrected chi connectivity index (χ4v) is 2.11. The molecule has 1 heterocycles. The minimum atomic E-state index is -0.920. The van der Waals surface area contributed by atoms with Gasteiger partial charge >= 0.3 is 12.0 Å². The zero-order chi connectivity index (χ0) is 17.7. The predicted octanol–water partition coefficient (Wildman–Crippen LogP) is 2.78. The number of carbonyl (C=O) groups excluding carboxylic acids is 1. The Morgan fingerprint density at radius 2 is 2.04 bits per heavy atom. The number of carboxylic acids is 1. The first-order valence-corrected chi connectivity index (χ1v) is 7.37. The van der Waals surface area contributed by atoms with Crippen molar-refractivity contribution >= 4 is 17.7 Å². The molecule has 0 atom stereocenters. The van der Waals surface area contributed by atoms with Crippen molar-refractivity contribution in [1.82, 2.24) is 15.1 Å².